The highest BCUT2D eigenvalue weighted by Crippen LogP contribution is 2.49. The number of hydrogen-bond donors (Lipinski definition) is 0. The van der Waals surface area contributed by atoms with Crippen LogP contribution in [0.1, 0.15) is 39.0 Å². The monoisotopic (exact) mass is 192 g/mol. The first-order chi connectivity index (χ1) is 6.74. The van der Waals surface area contributed by atoms with Crippen LogP contribution in [-0.4, -0.2) is 24.5 Å². The largest absolute Gasteiger partial charge is 0.303 e. The first kappa shape index (κ1) is 9.98. The molecule has 0 atom stereocenters. The molecule has 1 aliphatic heterocycles. The maximum Gasteiger partial charge on any atom is 0.0628 e. The highest BCUT2D eigenvalue weighted by molar-refractivity contribution is 5.01. The maximum atomic E-state index is 8.74. The molecular formula is C12H20N2. The van der Waals surface area contributed by atoms with E-state index >= 15 is 0 Å². The van der Waals surface area contributed by atoms with E-state index in [1.54, 1.807) is 0 Å². The van der Waals surface area contributed by atoms with Crippen LogP contribution in [0.2, 0.25) is 0 Å². The van der Waals surface area contributed by atoms with E-state index in [-0.39, 0.29) is 0 Å². The Labute approximate surface area is 86.9 Å². The SMILES string of the molecule is CC1CCN(CC2(CC#N)CC2)CC1. The van der Waals surface area contributed by atoms with Gasteiger partial charge in [0.25, 0.3) is 0 Å². The Morgan fingerprint density at radius 1 is 1.36 bits per heavy atom. The van der Waals surface area contributed by atoms with Crippen molar-refractivity contribution in [2.24, 2.45) is 11.3 Å². The Morgan fingerprint density at radius 3 is 2.50 bits per heavy atom. The summed E-state index contributed by atoms with van der Waals surface area (Å²) in [6, 6.07) is 2.34. The minimum absolute atomic E-state index is 0.412. The Morgan fingerprint density at radius 2 is 2.00 bits per heavy atom. The Balaban J connectivity index is 1.78. The second-order valence-electron chi connectivity index (χ2n) is 5.29. The van der Waals surface area contributed by atoms with Crippen LogP contribution < -0.4 is 0 Å². The Kier molecular flexibility index (Phi) is 2.78. The summed E-state index contributed by atoms with van der Waals surface area (Å²) in [5.74, 6) is 0.914. The van der Waals surface area contributed by atoms with Crippen molar-refractivity contribution in [1.82, 2.24) is 4.90 Å². The van der Waals surface area contributed by atoms with Crippen LogP contribution in [0.15, 0.2) is 0 Å². The third-order valence-corrected chi connectivity index (χ3v) is 3.85. The van der Waals surface area contributed by atoms with Gasteiger partial charge in [-0.15, -0.1) is 0 Å². The summed E-state index contributed by atoms with van der Waals surface area (Å²) in [6.07, 6.45) is 6.05. The third kappa shape index (κ3) is 2.27. The van der Waals surface area contributed by atoms with Crippen molar-refractivity contribution in [3.8, 4) is 6.07 Å². The molecule has 0 radical (unpaired) electrons. The molecule has 2 fully saturated rings. The summed E-state index contributed by atoms with van der Waals surface area (Å²) in [6.45, 7) is 6.05. The molecule has 0 amide bonds. The summed E-state index contributed by atoms with van der Waals surface area (Å²) in [5, 5.41) is 8.74. The molecule has 0 N–H and O–H groups in total. The molecule has 0 aromatic heterocycles. The van der Waals surface area contributed by atoms with Gasteiger partial charge in [0.2, 0.25) is 0 Å². The number of hydrogen-bond acceptors (Lipinski definition) is 2. The molecule has 2 aliphatic rings. The van der Waals surface area contributed by atoms with Gasteiger partial charge in [0.15, 0.2) is 0 Å². The van der Waals surface area contributed by atoms with E-state index in [1.807, 2.05) is 0 Å². The topological polar surface area (TPSA) is 27.0 Å². The van der Waals surface area contributed by atoms with Crippen LogP contribution in [0, 0.1) is 22.7 Å². The lowest BCUT2D eigenvalue weighted by molar-refractivity contribution is 0.160. The Hall–Kier alpha value is -0.550. The van der Waals surface area contributed by atoms with Crippen LogP contribution in [0.5, 0.6) is 0 Å². The van der Waals surface area contributed by atoms with E-state index in [2.05, 4.69) is 17.9 Å². The zero-order chi connectivity index (χ0) is 10.0. The lowest BCUT2D eigenvalue weighted by Gasteiger charge is -2.32. The average molecular weight is 192 g/mol. The van der Waals surface area contributed by atoms with E-state index in [0.29, 0.717) is 5.41 Å². The van der Waals surface area contributed by atoms with Crippen LogP contribution in [0.3, 0.4) is 0 Å². The van der Waals surface area contributed by atoms with Gasteiger partial charge in [0.1, 0.15) is 0 Å². The molecule has 1 aliphatic carbocycles. The zero-order valence-electron chi connectivity index (χ0n) is 9.13. The van der Waals surface area contributed by atoms with Gasteiger partial charge < -0.3 is 4.90 Å². The van der Waals surface area contributed by atoms with Gasteiger partial charge in [-0.3, -0.25) is 0 Å². The van der Waals surface area contributed by atoms with Gasteiger partial charge in [-0.1, -0.05) is 6.92 Å². The van der Waals surface area contributed by atoms with Gasteiger partial charge in [0.05, 0.1) is 6.07 Å². The fourth-order valence-corrected chi connectivity index (χ4v) is 2.43. The fraction of sp³-hybridized carbons (Fsp3) is 0.917. The van der Waals surface area contributed by atoms with Crippen molar-refractivity contribution in [2.45, 2.75) is 39.0 Å². The maximum absolute atomic E-state index is 8.74. The van der Waals surface area contributed by atoms with Crippen molar-refractivity contribution in [2.75, 3.05) is 19.6 Å². The molecule has 0 aromatic carbocycles. The highest BCUT2D eigenvalue weighted by atomic mass is 15.1. The first-order valence-electron chi connectivity index (χ1n) is 5.83. The van der Waals surface area contributed by atoms with Crippen molar-refractivity contribution >= 4 is 0 Å². The predicted molar refractivity (Wildman–Crippen MR) is 56.7 cm³/mol. The van der Waals surface area contributed by atoms with E-state index < -0.39 is 0 Å². The standard InChI is InChI=1S/C12H20N2/c1-11-2-8-14(9-3-11)10-12(4-5-12)6-7-13/h11H,2-6,8-10H2,1H3. The lowest BCUT2D eigenvalue weighted by Crippen LogP contribution is -2.37. The second-order valence-corrected chi connectivity index (χ2v) is 5.29. The fourth-order valence-electron chi connectivity index (χ4n) is 2.43. The van der Waals surface area contributed by atoms with Crippen molar-refractivity contribution in [3.63, 3.8) is 0 Å². The molecule has 78 valence electrons. The first-order valence-corrected chi connectivity index (χ1v) is 5.83. The molecule has 1 saturated carbocycles. The van der Waals surface area contributed by atoms with Crippen LogP contribution in [0.4, 0.5) is 0 Å². The van der Waals surface area contributed by atoms with E-state index in [4.69, 9.17) is 5.26 Å². The summed E-state index contributed by atoms with van der Waals surface area (Å²) in [7, 11) is 0. The van der Waals surface area contributed by atoms with E-state index in [1.165, 1.54) is 45.3 Å². The summed E-state index contributed by atoms with van der Waals surface area (Å²) in [5.41, 5.74) is 0.412. The van der Waals surface area contributed by atoms with Crippen molar-refractivity contribution in [1.29, 1.82) is 5.26 Å². The van der Waals surface area contributed by atoms with Crippen molar-refractivity contribution in [3.05, 3.63) is 0 Å². The van der Waals surface area contributed by atoms with Crippen LogP contribution in [-0.2, 0) is 0 Å². The van der Waals surface area contributed by atoms with Gasteiger partial charge >= 0.3 is 0 Å². The highest BCUT2D eigenvalue weighted by Gasteiger charge is 2.43. The molecule has 0 bridgehead atoms. The molecule has 0 aromatic rings. The Bertz CT molecular complexity index is 229. The number of nitrogens with zero attached hydrogens (tertiary/aromatic N) is 2. The number of rotatable bonds is 3. The van der Waals surface area contributed by atoms with Crippen LogP contribution >= 0.6 is 0 Å². The molecule has 1 saturated heterocycles. The van der Waals surface area contributed by atoms with Gasteiger partial charge in [0, 0.05) is 13.0 Å². The van der Waals surface area contributed by atoms with Gasteiger partial charge in [-0.05, 0) is 50.1 Å². The molecule has 2 nitrogen and oxygen atoms in total. The van der Waals surface area contributed by atoms with Crippen molar-refractivity contribution < 1.29 is 0 Å². The lowest BCUT2D eigenvalue weighted by atomic mass is 9.96. The minimum atomic E-state index is 0.412. The molecule has 2 heteroatoms. The molecule has 0 spiro atoms. The minimum Gasteiger partial charge on any atom is -0.303 e. The predicted octanol–water partition coefficient (Wildman–Crippen LogP) is 2.41. The molecule has 1 heterocycles. The summed E-state index contributed by atoms with van der Waals surface area (Å²) >= 11 is 0. The number of piperidine rings is 1. The quantitative estimate of drug-likeness (QED) is 0.686. The van der Waals surface area contributed by atoms with Gasteiger partial charge in [-0.25, -0.2) is 0 Å². The average Bonchev–Trinajstić information content (AvgIpc) is 2.90. The molecule has 0 unspecified atom stereocenters. The van der Waals surface area contributed by atoms with Gasteiger partial charge in [-0.2, -0.15) is 5.26 Å². The smallest absolute Gasteiger partial charge is 0.0628 e. The molecule has 2 rings (SSSR count). The molecular weight excluding hydrogens is 172 g/mol. The zero-order valence-corrected chi connectivity index (χ0v) is 9.13. The normalized spacial score (nSPS) is 27.1. The van der Waals surface area contributed by atoms with E-state index in [9.17, 15) is 0 Å². The summed E-state index contributed by atoms with van der Waals surface area (Å²) < 4.78 is 0. The van der Waals surface area contributed by atoms with Crippen LogP contribution in [0.25, 0.3) is 0 Å². The number of likely N-dealkylation sites (tertiary alicyclic amines) is 1. The summed E-state index contributed by atoms with van der Waals surface area (Å²) in [4.78, 5) is 2.57. The second kappa shape index (κ2) is 3.90. The van der Waals surface area contributed by atoms with E-state index in [0.717, 1.165) is 12.3 Å². The third-order valence-electron chi connectivity index (χ3n) is 3.85. The molecule has 14 heavy (non-hydrogen) atoms. The number of nitriles is 1.